The van der Waals surface area contributed by atoms with Gasteiger partial charge in [0.2, 0.25) is 0 Å². The van der Waals surface area contributed by atoms with Crippen LogP contribution >= 0.6 is 0 Å². The van der Waals surface area contributed by atoms with Gasteiger partial charge < -0.3 is 4.74 Å². The fraction of sp³-hybridized carbons (Fsp3) is 0.864. The molecule has 0 saturated heterocycles. The van der Waals surface area contributed by atoms with Crippen LogP contribution in [-0.4, -0.2) is 12.1 Å². The zero-order valence-corrected chi connectivity index (χ0v) is 16.0. The largest absolute Gasteiger partial charge is 0.458 e. The van der Waals surface area contributed by atoms with Gasteiger partial charge in [-0.1, -0.05) is 40.7 Å². The molecular formula is C22H34O2. The Morgan fingerprint density at radius 1 is 1.21 bits per heavy atom. The number of esters is 1. The highest BCUT2D eigenvalue weighted by molar-refractivity contribution is 5.83. The minimum Gasteiger partial charge on any atom is -0.458 e. The van der Waals surface area contributed by atoms with Crippen LogP contribution in [0.25, 0.3) is 0 Å². The number of rotatable bonds is 1. The molecule has 1 heterocycles. The molecule has 0 aromatic carbocycles. The molecule has 0 bridgehead atoms. The Labute approximate surface area is 147 Å². The van der Waals surface area contributed by atoms with E-state index in [1.165, 1.54) is 25.7 Å². The van der Waals surface area contributed by atoms with Gasteiger partial charge in [0.1, 0.15) is 6.10 Å². The van der Waals surface area contributed by atoms with E-state index in [-0.39, 0.29) is 17.5 Å². The molecule has 4 aliphatic rings. The maximum Gasteiger partial charge on any atom is 0.330 e. The Morgan fingerprint density at radius 2 is 1.96 bits per heavy atom. The first kappa shape index (κ1) is 16.7. The third kappa shape index (κ3) is 2.24. The molecule has 24 heavy (non-hydrogen) atoms. The van der Waals surface area contributed by atoms with Crippen LogP contribution in [0.15, 0.2) is 12.2 Å². The van der Waals surface area contributed by atoms with E-state index >= 15 is 0 Å². The van der Waals surface area contributed by atoms with Crippen molar-refractivity contribution in [1.82, 2.24) is 0 Å². The summed E-state index contributed by atoms with van der Waals surface area (Å²) in [5, 5.41) is 0. The molecule has 3 saturated carbocycles. The van der Waals surface area contributed by atoms with Gasteiger partial charge in [0.25, 0.3) is 0 Å². The highest BCUT2D eigenvalue weighted by atomic mass is 16.5. The van der Waals surface area contributed by atoms with Crippen molar-refractivity contribution in [3.8, 4) is 0 Å². The number of ether oxygens (including phenoxy) is 1. The second-order valence-electron chi connectivity index (χ2n) is 10.3. The highest BCUT2D eigenvalue weighted by Crippen LogP contribution is 2.66. The maximum absolute atomic E-state index is 11.8. The van der Waals surface area contributed by atoms with E-state index in [9.17, 15) is 4.79 Å². The van der Waals surface area contributed by atoms with E-state index in [0.29, 0.717) is 17.3 Å². The number of carbonyl (C=O) groups is 1. The van der Waals surface area contributed by atoms with Crippen molar-refractivity contribution in [3.05, 3.63) is 12.2 Å². The molecule has 0 amide bonds. The normalized spacial score (nSPS) is 53.3. The summed E-state index contributed by atoms with van der Waals surface area (Å²) >= 11 is 0. The van der Waals surface area contributed by atoms with Gasteiger partial charge in [0, 0.05) is 11.5 Å². The summed E-state index contributed by atoms with van der Waals surface area (Å²) in [7, 11) is 0. The molecule has 3 aliphatic carbocycles. The van der Waals surface area contributed by atoms with E-state index in [2.05, 4.69) is 40.7 Å². The number of carbonyl (C=O) groups excluding carboxylic acids is 1. The molecule has 134 valence electrons. The summed E-state index contributed by atoms with van der Waals surface area (Å²) in [4.78, 5) is 11.8. The first-order valence-electron chi connectivity index (χ1n) is 10.1. The molecular weight excluding hydrogens is 296 g/mol. The second-order valence-corrected chi connectivity index (χ2v) is 10.3. The quantitative estimate of drug-likeness (QED) is 0.615. The zero-order valence-electron chi connectivity index (χ0n) is 16.0. The van der Waals surface area contributed by atoms with Crippen molar-refractivity contribution < 1.29 is 9.53 Å². The van der Waals surface area contributed by atoms with E-state index in [4.69, 9.17) is 4.74 Å². The van der Waals surface area contributed by atoms with Crippen molar-refractivity contribution in [2.75, 3.05) is 0 Å². The molecule has 0 aromatic rings. The van der Waals surface area contributed by atoms with Crippen LogP contribution in [-0.2, 0) is 9.53 Å². The van der Waals surface area contributed by atoms with Crippen LogP contribution in [0, 0.1) is 46.3 Å². The summed E-state index contributed by atoms with van der Waals surface area (Å²) in [5.74, 6) is 4.59. The topological polar surface area (TPSA) is 26.3 Å². The lowest BCUT2D eigenvalue weighted by atomic mass is 9.47. The van der Waals surface area contributed by atoms with Gasteiger partial charge in [-0.15, -0.1) is 0 Å². The summed E-state index contributed by atoms with van der Waals surface area (Å²) in [6.45, 7) is 12.2. The lowest BCUT2D eigenvalue weighted by molar-refractivity contribution is -0.173. The van der Waals surface area contributed by atoms with E-state index in [1.54, 1.807) is 6.08 Å². The molecule has 2 heteroatoms. The lowest BCUT2D eigenvalue weighted by Gasteiger charge is -2.59. The first-order chi connectivity index (χ1) is 11.2. The first-order valence-corrected chi connectivity index (χ1v) is 10.1. The van der Waals surface area contributed by atoms with Crippen LogP contribution in [0.5, 0.6) is 0 Å². The molecule has 4 rings (SSSR count). The predicted octanol–water partition coefficient (Wildman–Crippen LogP) is 5.23. The van der Waals surface area contributed by atoms with E-state index < -0.39 is 0 Å². The molecule has 0 aromatic heterocycles. The Hall–Kier alpha value is -0.790. The maximum atomic E-state index is 11.8. The smallest absolute Gasteiger partial charge is 0.330 e. The fourth-order valence-electron chi connectivity index (χ4n) is 7.16. The Bertz CT molecular complexity index is 564. The minimum absolute atomic E-state index is 0.0579. The van der Waals surface area contributed by atoms with Gasteiger partial charge in [-0.3, -0.25) is 0 Å². The van der Waals surface area contributed by atoms with Gasteiger partial charge >= 0.3 is 5.97 Å². The SMILES string of the molecule is CC(C)[C@H]1C[C@H]2[C@@H]3[C@@H](C)C[C@H]4OC(=O)C=C[C@]4(C)[C@H]3CC[C@]2(C)C1. The third-order valence-corrected chi connectivity index (χ3v) is 8.65. The monoisotopic (exact) mass is 330 g/mol. The molecule has 3 fully saturated rings. The second kappa shape index (κ2) is 5.35. The van der Waals surface area contributed by atoms with Crippen LogP contribution in [0.2, 0.25) is 0 Å². The highest BCUT2D eigenvalue weighted by Gasteiger charge is 2.61. The fourth-order valence-corrected chi connectivity index (χ4v) is 7.16. The summed E-state index contributed by atoms with van der Waals surface area (Å²) in [6, 6.07) is 0. The standard InChI is InChI=1S/C22H34O2/c1-13(2)15-11-17-20-14(3)10-18-22(5,9-7-19(23)24-18)16(20)6-8-21(17,4)12-15/h7,9,13-18,20H,6,8,10-12H2,1-5H3/t14-,15-,16-,17-,18+,20+,21+,22+/m0/s1. The summed E-state index contributed by atoms with van der Waals surface area (Å²) < 4.78 is 5.78. The Morgan fingerprint density at radius 3 is 2.67 bits per heavy atom. The molecule has 0 unspecified atom stereocenters. The van der Waals surface area contributed by atoms with Crippen molar-refractivity contribution >= 4 is 5.97 Å². The molecule has 0 N–H and O–H groups in total. The average molecular weight is 331 g/mol. The van der Waals surface area contributed by atoms with Gasteiger partial charge in [0.05, 0.1) is 0 Å². The van der Waals surface area contributed by atoms with Gasteiger partial charge in [-0.25, -0.2) is 4.79 Å². The van der Waals surface area contributed by atoms with Gasteiger partial charge in [-0.05, 0) is 73.0 Å². The van der Waals surface area contributed by atoms with Crippen molar-refractivity contribution in [2.45, 2.75) is 72.8 Å². The van der Waals surface area contributed by atoms with Crippen LogP contribution < -0.4 is 0 Å². The average Bonchev–Trinajstić information content (AvgIpc) is 2.87. The van der Waals surface area contributed by atoms with Crippen LogP contribution in [0.3, 0.4) is 0 Å². The molecule has 8 atom stereocenters. The van der Waals surface area contributed by atoms with Gasteiger partial charge in [0.15, 0.2) is 0 Å². The predicted molar refractivity (Wildman–Crippen MR) is 96.3 cm³/mol. The lowest BCUT2D eigenvalue weighted by Crippen LogP contribution is -2.57. The van der Waals surface area contributed by atoms with E-state index in [0.717, 1.165) is 30.1 Å². The molecule has 1 aliphatic heterocycles. The van der Waals surface area contributed by atoms with Gasteiger partial charge in [-0.2, -0.15) is 0 Å². The molecule has 0 radical (unpaired) electrons. The number of hydrogen-bond donors (Lipinski definition) is 0. The molecule has 2 nitrogen and oxygen atoms in total. The van der Waals surface area contributed by atoms with Crippen LogP contribution in [0.4, 0.5) is 0 Å². The summed E-state index contributed by atoms with van der Waals surface area (Å²) in [6.07, 6.45) is 10.6. The third-order valence-electron chi connectivity index (χ3n) is 8.65. The Balaban J connectivity index is 1.69. The molecule has 0 spiro atoms. The summed E-state index contributed by atoms with van der Waals surface area (Å²) in [5.41, 5.74) is 0.602. The zero-order chi connectivity index (χ0) is 17.3. The van der Waals surface area contributed by atoms with Crippen molar-refractivity contribution in [2.24, 2.45) is 46.3 Å². The van der Waals surface area contributed by atoms with E-state index in [1.807, 2.05) is 0 Å². The number of fused-ring (bicyclic) bond motifs is 5. The minimum atomic E-state index is -0.135. The number of hydrogen-bond acceptors (Lipinski definition) is 2. The van der Waals surface area contributed by atoms with Crippen molar-refractivity contribution in [1.29, 1.82) is 0 Å². The Kier molecular flexibility index (Phi) is 3.72. The van der Waals surface area contributed by atoms with Crippen molar-refractivity contribution in [3.63, 3.8) is 0 Å². The van der Waals surface area contributed by atoms with Crippen LogP contribution in [0.1, 0.15) is 66.7 Å².